The fraction of sp³-hybridized carbons (Fsp3) is 0.429. The summed E-state index contributed by atoms with van der Waals surface area (Å²) in [6.07, 6.45) is 0. The average Bonchev–Trinajstić information content (AvgIpc) is 2.26. The van der Waals surface area contributed by atoms with E-state index in [1.807, 2.05) is 45.9 Å². The minimum atomic E-state index is -0.373. The summed E-state index contributed by atoms with van der Waals surface area (Å²) >= 11 is 4.98. The van der Waals surface area contributed by atoms with Gasteiger partial charge in [-0.2, -0.15) is 0 Å². The van der Waals surface area contributed by atoms with E-state index >= 15 is 0 Å². The number of nitrogens with one attached hydrogen (secondary N) is 1. The van der Waals surface area contributed by atoms with Crippen LogP contribution in [0.4, 0.5) is 0 Å². The smallest absolute Gasteiger partial charge is 0.251 e. The molecule has 0 radical (unpaired) electrons. The van der Waals surface area contributed by atoms with Gasteiger partial charge in [0.15, 0.2) is 0 Å². The zero-order valence-electron chi connectivity index (χ0n) is 11.3. The Bertz CT molecular complexity index is 460. The molecule has 98 valence electrons. The Morgan fingerprint density at radius 3 is 2.28 bits per heavy atom. The minimum absolute atomic E-state index is 0.0741. The lowest BCUT2D eigenvalue weighted by Gasteiger charge is -2.23. The van der Waals surface area contributed by atoms with Crippen molar-refractivity contribution in [2.45, 2.75) is 27.7 Å². The van der Waals surface area contributed by atoms with Crippen molar-refractivity contribution in [2.24, 2.45) is 11.1 Å². The second-order valence-corrected chi connectivity index (χ2v) is 5.64. The van der Waals surface area contributed by atoms with Crippen molar-refractivity contribution in [1.29, 1.82) is 0 Å². The fourth-order valence-electron chi connectivity index (χ4n) is 1.65. The maximum Gasteiger partial charge on any atom is 0.251 e. The highest BCUT2D eigenvalue weighted by Crippen LogP contribution is 2.16. The summed E-state index contributed by atoms with van der Waals surface area (Å²) in [4.78, 5) is 12.6. The Morgan fingerprint density at radius 1 is 1.33 bits per heavy atom. The molecule has 0 spiro atoms. The van der Waals surface area contributed by atoms with Crippen LogP contribution in [0.2, 0.25) is 0 Å². The lowest BCUT2D eigenvalue weighted by Crippen LogP contribution is -2.41. The van der Waals surface area contributed by atoms with Crippen molar-refractivity contribution in [3.05, 3.63) is 34.9 Å². The monoisotopic (exact) mass is 264 g/mol. The number of benzene rings is 1. The standard InChI is InChI=1S/C14H20N2OS/c1-9-6-5-7-10(2)11(9)12(17)16-8-14(3,4)13(15)18/h5-7H,8H2,1-4H3,(H2,15,18)(H,16,17). The fourth-order valence-corrected chi connectivity index (χ4v) is 1.72. The summed E-state index contributed by atoms with van der Waals surface area (Å²) in [7, 11) is 0. The predicted molar refractivity (Wildman–Crippen MR) is 78.8 cm³/mol. The number of hydrogen-bond acceptors (Lipinski definition) is 2. The number of hydrogen-bond donors (Lipinski definition) is 2. The van der Waals surface area contributed by atoms with Crippen molar-refractivity contribution in [1.82, 2.24) is 5.32 Å². The Labute approximate surface area is 114 Å². The van der Waals surface area contributed by atoms with Gasteiger partial charge in [0.25, 0.3) is 5.91 Å². The first-order valence-corrected chi connectivity index (χ1v) is 6.31. The molecule has 0 saturated heterocycles. The van der Waals surface area contributed by atoms with Gasteiger partial charge in [0.05, 0.1) is 4.99 Å². The van der Waals surface area contributed by atoms with Crippen LogP contribution in [0.5, 0.6) is 0 Å². The molecule has 0 saturated carbocycles. The SMILES string of the molecule is Cc1cccc(C)c1C(=O)NCC(C)(C)C(N)=S. The molecule has 0 aliphatic carbocycles. The summed E-state index contributed by atoms with van der Waals surface area (Å²) in [5, 5.41) is 2.90. The second kappa shape index (κ2) is 5.48. The van der Waals surface area contributed by atoms with E-state index in [0.29, 0.717) is 11.5 Å². The van der Waals surface area contributed by atoms with Crippen molar-refractivity contribution in [2.75, 3.05) is 6.54 Å². The molecule has 0 aliphatic heterocycles. The third-order valence-electron chi connectivity index (χ3n) is 3.07. The first-order chi connectivity index (χ1) is 8.25. The molecule has 0 bridgehead atoms. The van der Waals surface area contributed by atoms with Gasteiger partial charge in [0.2, 0.25) is 0 Å². The first kappa shape index (κ1) is 14.6. The number of carbonyl (C=O) groups excluding carboxylic acids is 1. The number of rotatable bonds is 4. The van der Waals surface area contributed by atoms with E-state index in [0.717, 1.165) is 16.7 Å². The molecule has 3 nitrogen and oxygen atoms in total. The van der Waals surface area contributed by atoms with Gasteiger partial charge >= 0.3 is 0 Å². The maximum absolute atomic E-state index is 12.2. The summed E-state index contributed by atoms with van der Waals surface area (Å²) in [5.41, 5.74) is 7.94. The van der Waals surface area contributed by atoms with Gasteiger partial charge in [0, 0.05) is 17.5 Å². The van der Waals surface area contributed by atoms with Gasteiger partial charge in [-0.15, -0.1) is 0 Å². The molecule has 0 heterocycles. The highest BCUT2D eigenvalue weighted by Gasteiger charge is 2.23. The molecule has 0 atom stereocenters. The number of thiocarbonyl (C=S) groups is 1. The van der Waals surface area contributed by atoms with Crippen molar-refractivity contribution < 1.29 is 4.79 Å². The van der Waals surface area contributed by atoms with Crippen LogP contribution >= 0.6 is 12.2 Å². The van der Waals surface area contributed by atoms with E-state index in [1.54, 1.807) is 0 Å². The van der Waals surface area contributed by atoms with Crippen LogP contribution in [-0.4, -0.2) is 17.4 Å². The van der Waals surface area contributed by atoms with Gasteiger partial charge in [-0.1, -0.05) is 44.3 Å². The van der Waals surface area contributed by atoms with E-state index in [2.05, 4.69) is 5.32 Å². The average molecular weight is 264 g/mol. The van der Waals surface area contributed by atoms with Crippen LogP contribution in [0.25, 0.3) is 0 Å². The minimum Gasteiger partial charge on any atom is -0.393 e. The van der Waals surface area contributed by atoms with E-state index in [9.17, 15) is 4.79 Å². The Hall–Kier alpha value is -1.42. The molecule has 18 heavy (non-hydrogen) atoms. The van der Waals surface area contributed by atoms with E-state index in [1.165, 1.54) is 0 Å². The molecule has 0 aromatic heterocycles. The van der Waals surface area contributed by atoms with Gasteiger partial charge < -0.3 is 11.1 Å². The Balaban J connectivity index is 2.82. The molecule has 1 rings (SSSR count). The predicted octanol–water partition coefficient (Wildman–Crippen LogP) is 2.35. The topological polar surface area (TPSA) is 55.1 Å². The van der Waals surface area contributed by atoms with Crippen LogP contribution in [0.1, 0.15) is 35.3 Å². The molecule has 1 amide bonds. The van der Waals surface area contributed by atoms with Crippen LogP contribution in [0.15, 0.2) is 18.2 Å². The van der Waals surface area contributed by atoms with Crippen LogP contribution in [0, 0.1) is 19.3 Å². The maximum atomic E-state index is 12.2. The van der Waals surface area contributed by atoms with E-state index < -0.39 is 0 Å². The molecule has 1 aromatic carbocycles. The van der Waals surface area contributed by atoms with Crippen molar-refractivity contribution in [3.63, 3.8) is 0 Å². The van der Waals surface area contributed by atoms with Crippen LogP contribution < -0.4 is 11.1 Å². The largest absolute Gasteiger partial charge is 0.393 e. The Kier molecular flexibility index (Phi) is 4.46. The summed E-state index contributed by atoms with van der Waals surface area (Å²) in [6.45, 7) is 8.14. The summed E-state index contributed by atoms with van der Waals surface area (Å²) in [6, 6.07) is 5.81. The number of aryl methyl sites for hydroxylation is 2. The van der Waals surface area contributed by atoms with E-state index in [4.69, 9.17) is 18.0 Å². The molecular weight excluding hydrogens is 244 g/mol. The highest BCUT2D eigenvalue weighted by atomic mass is 32.1. The zero-order chi connectivity index (χ0) is 13.9. The summed E-state index contributed by atoms with van der Waals surface area (Å²) in [5.74, 6) is -0.0741. The number of carbonyl (C=O) groups is 1. The van der Waals surface area contributed by atoms with Gasteiger partial charge in [-0.05, 0) is 25.0 Å². The lowest BCUT2D eigenvalue weighted by molar-refractivity contribution is 0.0944. The normalized spacial score (nSPS) is 11.1. The lowest BCUT2D eigenvalue weighted by atomic mass is 9.93. The number of nitrogens with two attached hydrogens (primary N) is 1. The van der Waals surface area contributed by atoms with Gasteiger partial charge in [-0.25, -0.2) is 0 Å². The van der Waals surface area contributed by atoms with Crippen molar-refractivity contribution >= 4 is 23.1 Å². The van der Waals surface area contributed by atoms with Gasteiger partial charge in [0.1, 0.15) is 0 Å². The van der Waals surface area contributed by atoms with Crippen LogP contribution in [0.3, 0.4) is 0 Å². The quantitative estimate of drug-likeness (QED) is 0.821. The third-order valence-corrected chi connectivity index (χ3v) is 3.62. The molecular formula is C14H20N2OS. The molecule has 4 heteroatoms. The Morgan fingerprint density at radius 2 is 1.83 bits per heavy atom. The molecule has 3 N–H and O–H groups in total. The number of amides is 1. The zero-order valence-corrected chi connectivity index (χ0v) is 12.1. The van der Waals surface area contributed by atoms with Crippen molar-refractivity contribution in [3.8, 4) is 0 Å². The molecule has 1 aromatic rings. The molecule has 0 aliphatic rings. The highest BCUT2D eigenvalue weighted by molar-refractivity contribution is 7.80. The van der Waals surface area contributed by atoms with Gasteiger partial charge in [-0.3, -0.25) is 4.79 Å². The van der Waals surface area contributed by atoms with Crippen LogP contribution in [-0.2, 0) is 0 Å². The molecule has 0 unspecified atom stereocenters. The van der Waals surface area contributed by atoms with E-state index in [-0.39, 0.29) is 11.3 Å². The molecule has 0 fully saturated rings. The second-order valence-electron chi connectivity index (χ2n) is 5.20. The third kappa shape index (κ3) is 3.29. The summed E-state index contributed by atoms with van der Waals surface area (Å²) < 4.78 is 0. The first-order valence-electron chi connectivity index (χ1n) is 5.90.